The Bertz CT molecular complexity index is 1180. The highest BCUT2D eigenvalue weighted by atomic mass is 35.5. The van der Waals surface area contributed by atoms with Gasteiger partial charge in [-0.05, 0) is 92.0 Å². The van der Waals surface area contributed by atoms with Crippen LogP contribution in [0.3, 0.4) is 0 Å². The molecule has 0 saturated heterocycles. The van der Waals surface area contributed by atoms with Crippen LogP contribution < -0.4 is 4.74 Å². The van der Waals surface area contributed by atoms with Crippen molar-refractivity contribution in [1.82, 2.24) is 9.21 Å². The molecule has 0 radical (unpaired) electrons. The number of ether oxygens (including phenoxy) is 2. The quantitative estimate of drug-likeness (QED) is 0.447. The number of methoxy groups -OCH3 is 2. The molecule has 0 spiro atoms. The molecule has 1 aliphatic heterocycles. The first-order valence-electron chi connectivity index (χ1n) is 12.7. The second-order valence-electron chi connectivity index (χ2n) is 9.74. The van der Waals surface area contributed by atoms with Crippen LogP contribution in [0.2, 0.25) is 5.02 Å². The van der Waals surface area contributed by atoms with Gasteiger partial charge in [-0.1, -0.05) is 24.6 Å². The van der Waals surface area contributed by atoms with Gasteiger partial charge >= 0.3 is 0 Å². The summed E-state index contributed by atoms with van der Waals surface area (Å²) in [5.41, 5.74) is 7.03. The average molecular weight is 537 g/mol. The van der Waals surface area contributed by atoms with Crippen molar-refractivity contribution in [2.75, 3.05) is 47.5 Å². The fourth-order valence-corrected chi connectivity index (χ4v) is 7.66. The lowest BCUT2D eigenvalue weighted by Crippen LogP contribution is -2.38. The van der Waals surface area contributed by atoms with Crippen molar-refractivity contribution >= 4 is 21.6 Å². The summed E-state index contributed by atoms with van der Waals surface area (Å²) in [5, 5.41) is 0.600. The van der Waals surface area contributed by atoms with E-state index in [-0.39, 0.29) is 0 Å². The molecule has 2 aliphatic rings. The van der Waals surface area contributed by atoms with Crippen molar-refractivity contribution in [2.45, 2.75) is 64.3 Å². The van der Waals surface area contributed by atoms with Crippen LogP contribution in [-0.4, -0.2) is 65.1 Å². The minimum Gasteiger partial charge on any atom is -0.496 e. The molecule has 2 aromatic carbocycles. The Labute approximate surface area is 222 Å². The number of hydrogen-bond donors (Lipinski definition) is 0. The van der Waals surface area contributed by atoms with Gasteiger partial charge in [-0.2, -0.15) is 4.31 Å². The summed E-state index contributed by atoms with van der Waals surface area (Å²) in [6.07, 6.45) is 4.02. The van der Waals surface area contributed by atoms with E-state index in [2.05, 4.69) is 22.6 Å². The van der Waals surface area contributed by atoms with Crippen molar-refractivity contribution in [1.29, 1.82) is 0 Å². The number of benzene rings is 2. The van der Waals surface area contributed by atoms with E-state index in [9.17, 15) is 8.42 Å². The van der Waals surface area contributed by atoms with Crippen LogP contribution in [-0.2, 0) is 27.6 Å². The van der Waals surface area contributed by atoms with E-state index < -0.39 is 10.0 Å². The summed E-state index contributed by atoms with van der Waals surface area (Å²) in [4.78, 5) is 2.91. The third-order valence-corrected chi connectivity index (χ3v) is 9.81. The molecule has 1 heterocycles. The molecule has 1 atom stereocenters. The SMILES string of the molecule is CCN(CCCN1CCc2cc(C)c(OC)c3c2C1CC3)S(=O)(=O)c1cc(C)c(Cl)cc1C.COC. The Kier molecular flexibility index (Phi) is 9.86. The maximum atomic E-state index is 13.4. The van der Waals surface area contributed by atoms with Crippen LogP contribution >= 0.6 is 11.6 Å². The maximum absolute atomic E-state index is 13.4. The zero-order chi connectivity index (χ0) is 26.6. The molecule has 8 heteroatoms. The summed E-state index contributed by atoms with van der Waals surface area (Å²) in [5.74, 6) is 1.05. The largest absolute Gasteiger partial charge is 0.496 e. The average Bonchev–Trinajstić information content (AvgIpc) is 3.27. The fourth-order valence-electron chi connectivity index (χ4n) is 5.66. The molecular formula is C28H41ClN2O4S. The van der Waals surface area contributed by atoms with Crippen molar-refractivity contribution < 1.29 is 17.9 Å². The van der Waals surface area contributed by atoms with Gasteiger partial charge in [0, 0.05) is 51.5 Å². The molecule has 4 rings (SSSR count). The molecule has 1 aliphatic carbocycles. The Morgan fingerprint density at radius 3 is 2.39 bits per heavy atom. The third-order valence-electron chi connectivity index (χ3n) is 7.29. The molecular weight excluding hydrogens is 496 g/mol. The fraction of sp³-hybridized carbons (Fsp3) is 0.571. The van der Waals surface area contributed by atoms with Gasteiger partial charge in [0.2, 0.25) is 10.0 Å². The Hall–Kier alpha value is -1.64. The van der Waals surface area contributed by atoms with E-state index in [0.717, 1.165) is 50.1 Å². The molecule has 36 heavy (non-hydrogen) atoms. The summed E-state index contributed by atoms with van der Waals surface area (Å²) in [6, 6.07) is 6.17. The summed E-state index contributed by atoms with van der Waals surface area (Å²) in [7, 11) is 1.46. The van der Waals surface area contributed by atoms with Crippen LogP contribution in [0, 0.1) is 20.8 Å². The van der Waals surface area contributed by atoms with Crippen LogP contribution in [0.1, 0.15) is 59.2 Å². The van der Waals surface area contributed by atoms with E-state index in [1.165, 1.54) is 22.3 Å². The lowest BCUT2D eigenvalue weighted by molar-refractivity contribution is 0.179. The second-order valence-corrected chi connectivity index (χ2v) is 12.1. The Morgan fingerprint density at radius 2 is 1.75 bits per heavy atom. The number of nitrogens with zero attached hydrogens (tertiary/aromatic N) is 2. The van der Waals surface area contributed by atoms with Gasteiger partial charge in [0.1, 0.15) is 5.75 Å². The molecule has 2 aromatic rings. The Morgan fingerprint density at radius 1 is 1.06 bits per heavy atom. The van der Waals surface area contributed by atoms with E-state index in [1.807, 2.05) is 20.8 Å². The van der Waals surface area contributed by atoms with E-state index in [1.54, 1.807) is 37.8 Å². The highest BCUT2D eigenvalue weighted by Crippen LogP contribution is 2.46. The highest BCUT2D eigenvalue weighted by Gasteiger charge is 2.36. The second kappa shape index (κ2) is 12.3. The van der Waals surface area contributed by atoms with Gasteiger partial charge in [0.25, 0.3) is 0 Å². The van der Waals surface area contributed by atoms with Crippen molar-refractivity contribution in [3.05, 3.63) is 56.6 Å². The smallest absolute Gasteiger partial charge is 0.243 e. The van der Waals surface area contributed by atoms with Crippen molar-refractivity contribution in [3.63, 3.8) is 0 Å². The predicted octanol–water partition coefficient (Wildman–Crippen LogP) is 5.48. The molecule has 0 bridgehead atoms. The predicted molar refractivity (Wildman–Crippen MR) is 147 cm³/mol. The van der Waals surface area contributed by atoms with Crippen LogP contribution in [0.5, 0.6) is 5.75 Å². The van der Waals surface area contributed by atoms with E-state index >= 15 is 0 Å². The molecule has 0 aromatic heterocycles. The number of sulfonamides is 1. The van der Waals surface area contributed by atoms with Gasteiger partial charge in [-0.25, -0.2) is 8.42 Å². The lowest BCUT2D eigenvalue weighted by atomic mass is 9.91. The first-order valence-corrected chi connectivity index (χ1v) is 14.5. The minimum atomic E-state index is -3.56. The normalized spacial score (nSPS) is 17.1. The molecule has 6 nitrogen and oxygen atoms in total. The highest BCUT2D eigenvalue weighted by molar-refractivity contribution is 7.89. The first kappa shape index (κ1) is 28.9. The molecule has 0 N–H and O–H groups in total. The van der Waals surface area contributed by atoms with Gasteiger partial charge in [0.15, 0.2) is 0 Å². The lowest BCUT2D eigenvalue weighted by Gasteiger charge is -2.36. The van der Waals surface area contributed by atoms with Gasteiger partial charge in [0.05, 0.1) is 12.0 Å². The van der Waals surface area contributed by atoms with Gasteiger partial charge in [-0.15, -0.1) is 0 Å². The molecule has 1 unspecified atom stereocenters. The zero-order valence-corrected chi connectivity index (χ0v) is 24.4. The summed E-state index contributed by atoms with van der Waals surface area (Å²) < 4.78 is 38.3. The third kappa shape index (κ3) is 5.76. The van der Waals surface area contributed by atoms with E-state index in [4.69, 9.17) is 16.3 Å². The number of hydrogen-bond acceptors (Lipinski definition) is 5. The molecule has 0 amide bonds. The van der Waals surface area contributed by atoms with Crippen LogP contribution in [0.15, 0.2) is 23.1 Å². The number of halogens is 1. The molecule has 0 saturated carbocycles. The Balaban J connectivity index is 0.00000115. The van der Waals surface area contributed by atoms with Gasteiger partial charge in [-0.3, -0.25) is 4.90 Å². The maximum Gasteiger partial charge on any atom is 0.243 e. The van der Waals surface area contributed by atoms with E-state index in [0.29, 0.717) is 34.6 Å². The van der Waals surface area contributed by atoms with Crippen molar-refractivity contribution in [2.24, 2.45) is 0 Å². The first-order chi connectivity index (χ1) is 17.1. The monoisotopic (exact) mass is 536 g/mol. The number of rotatable bonds is 8. The van der Waals surface area contributed by atoms with Crippen LogP contribution in [0.4, 0.5) is 0 Å². The molecule has 0 fully saturated rings. The molecule has 200 valence electrons. The summed E-state index contributed by atoms with van der Waals surface area (Å²) >= 11 is 6.19. The van der Waals surface area contributed by atoms with Crippen molar-refractivity contribution in [3.8, 4) is 5.75 Å². The van der Waals surface area contributed by atoms with Crippen LogP contribution in [0.25, 0.3) is 0 Å². The topological polar surface area (TPSA) is 59.1 Å². The summed E-state index contributed by atoms with van der Waals surface area (Å²) in [6.45, 7) is 10.6. The number of aryl methyl sites for hydroxylation is 3. The zero-order valence-electron chi connectivity index (χ0n) is 22.8. The standard InChI is InChI=1S/C26H35ClN2O3S.C2H6O/c1-6-29(33(30,31)24-16-17(2)22(27)15-18(24)3)12-7-11-28-13-10-20-14-19(4)26(32-5)21-8-9-23(28)25(20)21;1-3-2/h14-16,23H,6-13H2,1-5H3;1-2H3. The minimum absolute atomic E-state index is 0.362. The van der Waals surface area contributed by atoms with Gasteiger partial charge < -0.3 is 9.47 Å².